The number of hydrogen-bond donors (Lipinski definition) is 4. The number of nitrogens with zero attached hydrogens (tertiary/aromatic N) is 2. The van der Waals surface area contributed by atoms with Crippen molar-refractivity contribution in [2.75, 3.05) is 10.6 Å². The van der Waals surface area contributed by atoms with Gasteiger partial charge in [0.05, 0.1) is 11.0 Å². The summed E-state index contributed by atoms with van der Waals surface area (Å²) in [4.78, 5) is 8.77. The molecule has 1 aliphatic carbocycles. The summed E-state index contributed by atoms with van der Waals surface area (Å²) in [7, 11) is 0. The molecule has 1 aromatic heterocycles. The van der Waals surface area contributed by atoms with Gasteiger partial charge in [0.1, 0.15) is 0 Å². The van der Waals surface area contributed by atoms with Gasteiger partial charge in [0.25, 0.3) is 0 Å². The number of nitrogens with one attached hydrogen (secondary N) is 2. The second-order valence-corrected chi connectivity index (χ2v) is 8.96. The molecule has 6 nitrogen and oxygen atoms in total. The first-order valence-electron chi connectivity index (χ1n) is 7.13. The van der Waals surface area contributed by atoms with Gasteiger partial charge >= 0.3 is 0 Å². The summed E-state index contributed by atoms with van der Waals surface area (Å²) in [6.07, 6.45) is 0.0971. The first kappa shape index (κ1) is 16.7. The molecule has 10 heteroatoms. The predicted molar refractivity (Wildman–Crippen MR) is 94.8 cm³/mol. The highest BCUT2D eigenvalue weighted by Gasteiger charge is 2.75. The van der Waals surface area contributed by atoms with Gasteiger partial charge in [0.2, 0.25) is 11.4 Å². The Morgan fingerprint density at radius 2 is 1.17 bits per heavy atom. The number of hydrogen-bond acceptors (Lipinski definition) is 6. The molecule has 2 atom stereocenters. The monoisotopic (exact) mass is 408 g/mol. The third kappa shape index (κ3) is 1.98. The number of rotatable bonds is 0. The van der Waals surface area contributed by atoms with Crippen LogP contribution in [0.4, 0.5) is 11.6 Å². The number of alkyl halides is 4. The number of fused-ring (bicyclic) bond motifs is 3. The molecule has 0 spiro atoms. The van der Waals surface area contributed by atoms with Crippen LogP contribution in [0.2, 0.25) is 0 Å². The molecule has 2 heterocycles. The van der Waals surface area contributed by atoms with Crippen molar-refractivity contribution in [3.8, 4) is 0 Å². The second-order valence-electron chi connectivity index (χ2n) is 5.99. The third-order valence-corrected chi connectivity index (χ3v) is 6.35. The molecule has 2 aromatic rings. The summed E-state index contributed by atoms with van der Waals surface area (Å²) in [6, 6.07) is 7.14. The molecule has 24 heavy (non-hydrogen) atoms. The zero-order valence-corrected chi connectivity index (χ0v) is 15.0. The maximum absolute atomic E-state index is 11.1. The zero-order chi connectivity index (χ0) is 17.4. The number of aromatic nitrogens is 2. The topological polar surface area (TPSA) is 90.3 Å². The van der Waals surface area contributed by atoms with E-state index in [1.807, 2.05) is 0 Å². The molecular weight excluding hydrogens is 398 g/mol. The molecular formula is C14H12Cl4N4O2. The van der Waals surface area contributed by atoms with Crippen molar-refractivity contribution in [3.05, 3.63) is 24.3 Å². The summed E-state index contributed by atoms with van der Waals surface area (Å²) in [5, 5.41) is 27.6. The highest BCUT2D eigenvalue weighted by atomic mass is 35.5. The van der Waals surface area contributed by atoms with Crippen molar-refractivity contribution in [2.45, 2.75) is 33.0 Å². The van der Waals surface area contributed by atoms with E-state index in [4.69, 9.17) is 46.4 Å². The molecule has 1 aromatic carbocycles. The highest BCUT2D eigenvalue weighted by Crippen LogP contribution is 2.59. The van der Waals surface area contributed by atoms with Crippen LogP contribution in [0.25, 0.3) is 11.0 Å². The van der Waals surface area contributed by atoms with E-state index >= 15 is 0 Å². The van der Waals surface area contributed by atoms with Gasteiger partial charge in [-0.25, -0.2) is 9.97 Å². The Bertz CT molecular complexity index is 780. The molecule has 128 valence electrons. The Morgan fingerprint density at radius 1 is 0.792 bits per heavy atom. The lowest BCUT2D eigenvalue weighted by Gasteiger charge is -2.59. The van der Waals surface area contributed by atoms with Crippen LogP contribution in [0.1, 0.15) is 12.8 Å². The normalized spacial score (nSPS) is 33.1. The van der Waals surface area contributed by atoms with E-state index in [2.05, 4.69) is 20.6 Å². The Hall–Kier alpha value is -0.760. The van der Waals surface area contributed by atoms with Crippen LogP contribution in [-0.4, -0.2) is 40.3 Å². The van der Waals surface area contributed by atoms with Crippen molar-refractivity contribution >= 4 is 69.1 Å². The van der Waals surface area contributed by atoms with Crippen molar-refractivity contribution in [3.63, 3.8) is 0 Å². The SMILES string of the molecule is O[C@@]12Nc3nc4ccccc4nc3N[C@]1(O)C(Cl)(Cl)CCC2(Cl)Cl. The van der Waals surface area contributed by atoms with E-state index in [0.29, 0.717) is 11.0 Å². The molecule has 1 fully saturated rings. The largest absolute Gasteiger partial charge is 0.364 e. The molecule has 0 bridgehead atoms. The van der Waals surface area contributed by atoms with Crippen LogP contribution >= 0.6 is 46.4 Å². The molecule has 0 radical (unpaired) electrons. The minimum atomic E-state index is -2.30. The number of aliphatic hydroxyl groups is 2. The van der Waals surface area contributed by atoms with Gasteiger partial charge in [0.15, 0.2) is 20.3 Å². The van der Waals surface area contributed by atoms with E-state index in [9.17, 15) is 10.2 Å². The molecule has 0 unspecified atom stereocenters. The summed E-state index contributed by atoms with van der Waals surface area (Å²) < 4.78 is -3.54. The Balaban J connectivity index is 1.95. The van der Waals surface area contributed by atoms with Crippen molar-refractivity contribution in [1.82, 2.24) is 9.97 Å². The fraction of sp³-hybridized carbons (Fsp3) is 0.429. The smallest absolute Gasteiger partial charge is 0.222 e. The summed E-state index contributed by atoms with van der Waals surface area (Å²) >= 11 is 25.1. The standard InChI is InChI=1S/C14H12Cl4N4O2/c15-11(16)5-6-12(17,18)14(24)13(11,23)21-9-10(22-14)20-8-4-2-1-3-7(8)19-9/h1-4,23-24H,5-6H2,(H,19,21)(H,20,22)/t13-,14+. The second kappa shape index (κ2) is 4.90. The summed E-state index contributed by atoms with van der Waals surface area (Å²) in [6.45, 7) is 0. The quantitative estimate of drug-likeness (QED) is 0.500. The summed E-state index contributed by atoms with van der Waals surface area (Å²) in [5.74, 6) is 0.357. The van der Waals surface area contributed by atoms with Gasteiger partial charge in [0, 0.05) is 0 Å². The number of benzene rings is 1. The molecule has 1 aliphatic heterocycles. The minimum Gasteiger partial charge on any atom is -0.364 e. The van der Waals surface area contributed by atoms with Crippen LogP contribution < -0.4 is 10.6 Å². The van der Waals surface area contributed by atoms with Gasteiger partial charge in [-0.2, -0.15) is 0 Å². The van der Waals surface area contributed by atoms with Gasteiger partial charge < -0.3 is 20.8 Å². The van der Waals surface area contributed by atoms with E-state index in [0.717, 1.165) is 0 Å². The molecule has 0 saturated heterocycles. The molecule has 4 rings (SSSR count). The fourth-order valence-electron chi connectivity index (χ4n) is 3.09. The Morgan fingerprint density at radius 3 is 1.54 bits per heavy atom. The predicted octanol–water partition coefficient (Wildman–Crippen LogP) is 2.99. The average molecular weight is 410 g/mol. The third-order valence-electron chi connectivity index (χ3n) is 4.50. The fourth-order valence-corrected chi connectivity index (χ4v) is 4.20. The van der Waals surface area contributed by atoms with E-state index in [-0.39, 0.29) is 24.5 Å². The summed E-state index contributed by atoms with van der Waals surface area (Å²) in [5.41, 5.74) is -3.41. The van der Waals surface area contributed by atoms with Gasteiger partial charge in [-0.1, -0.05) is 58.5 Å². The van der Waals surface area contributed by atoms with Gasteiger partial charge in [-0.3, -0.25) is 0 Å². The lowest BCUT2D eigenvalue weighted by molar-refractivity contribution is -0.154. The molecule has 2 aliphatic rings. The van der Waals surface area contributed by atoms with Crippen LogP contribution in [0.15, 0.2) is 24.3 Å². The average Bonchev–Trinajstić information content (AvgIpc) is 2.51. The van der Waals surface area contributed by atoms with Gasteiger partial charge in [-0.05, 0) is 25.0 Å². The van der Waals surface area contributed by atoms with Crippen molar-refractivity contribution in [1.29, 1.82) is 0 Å². The first-order chi connectivity index (χ1) is 11.1. The lowest BCUT2D eigenvalue weighted by Crippen LogP contribution is -2.81. The van der Waals surface area contributed by atoms with Crippen LogP contribution in [-0.2, 0) is 0 Å². The van der Waals surface area contributed by atoms with Gasteiger partial charge in [-0.15, -0.1) is 0 Å². The van der Waals surface area contributed by atoms with Crippen molar-refractivity contribution < 1.29 is 10.2 Å². The lowest BCUT2D eigenvalue weighted by atomic mass is 9.80. The maximum Gasteiger partial charge on any atom is 0.222 e. The number of halogens is 4. The number of para-hydroxylation sites is 2. The first-order valence-corrected chi connectivity index (χ1v) is 8.64. The van der Waals surface area contributed by atoms with Crippen LogP contribution in [0, 0.1) is 0 Å². The Kier molecular flexibility index (Phi) is 3.41. The van der Waals surface area contributed by atoms with E-state index < -0.39 is 20.1 Å². The van der Waals surface area contributed by atoms with E-state index in [1.165, 1.54) is 0 Å². The van der Waals surface area contributed by atoms with Crippen LogP contribution in [0.5, 0.6) is 0 Å². The maximum atomic E-state index is 11.1. The molecule has 1 saturated carbocycles. The van der Waals surface area contributed by atoms with E-state index in [1.54, 1.807) is 24.3 Å². The van der Waals surface area contributed by atoms with Crippen molar-refractivity contribution in [2.24, 2.45) is 0 Å². The zero-order valence-electron chi connectivity index (χ0n) is 12.0. The highest BCUT2D eigenvalue weighted by molar-refractivity contribution is 6.52. The molecule has 0 amide bonds. The Labute approximate surface area is 157 Å². The minimum absolute atomic E-state index is 0.0486. The molecule has 4 N–H and O–H groups in total. The number of anilines is 2. The van der Waals surface area contributed by atoms with Crippen LogP contribution in [0.3, 0.4) is 0 Å².